The van der Waals surface area contributed by atoms with Crippen LogP contribution in [0.5, 0.6) is 0 Å². The topological polar surface area (TPSA) is 25.8 Å². The number of nitrogens with zero attached hydrogens (tertiary/aromatic N) is 2. The fourth-order valence-electron chi connectivity index (χ4n) is 6.10. The maximum Gasteiger partial charge on any atom is 0.0346 e. The van der Waals surface area contributed by atoms with E-state index in [1.165, 1.54) is 65.0 Å². The Morgan fingerprint density at radius 1 is 0.316 bits per heavy atom. The van der Waals surface area contributed by atoms with Gasteiger partial charge in [0.05, 0.1) is 0 Å². The Kier molecular flexibility index (Phi) is 4.55. The summed E-state index contributed by atoms with van der Waals surface area (Å²) in [6, 6.07) is 39.6. The van der Waals surface area contributed by atoms with Crippen molar-refractivity contribution in [3.63, 3.8) is 0 Å². The molecule has 0 aliphatic carbocycles. The quantitative estimate of drug-likeness (QED) is 0.229. The van der Waals surface area contributed by atoms with Gasteiger partial charge in [-0.2, -0.15) is 0 Å². The van der Waals surface area contributed by atoms with Gasteiger partial charge in [-0.1, -0.05) is 84.9 Å². The average molecular weight is 483 g/mol. The van der Waals surface area contributed by atoms with Crippen LogP contribution in [0.4, 0.5) is 0 Å². The molecule has 2 heterocycles. The molecular formula is C36H22N2. The third-order valence-corrected chi connectivity index (χ3v) is 7.79. The van der Waals surface area contributed by atoms with Crippen LogP contribution in [0.1, 0.15) is 0 Å². The van der Waals surface area contributed by atoms with Gasteiger partial charge in [0.15, 0.2) is 0 Å². The van der Waals surface area contributed by atoms with Crippen molar-refractivity contribution in [1.29, 1.82) is 0 Å². The lowest BCUT2D eigenvalue weighted by atomic mass is 9.85. The third-order valence-electron chi connectivity index (χ3n) is 7.79. The Morgan fingerprint density at radius 3 is 1.16 bits per heavy atom. The van der Waals surface area contributed by atoms with Crippen molar-refractivity contribution in [3.05, 3.63) is 134 Å². The van der Waals surface area contributed by atoms with Crippen LogP contribution in [0.2, 0.25) is 0 Å². The van der Waals surface area contributed by atoms with Gasteiger partial charge in [-0.05, 0) is 89.3 Å². The molecule has 0 unspecified atom stereocenters. The van der Waals surface area contributed by atoms with Crippen LogP contribution < -0.4 is 0 Å². The molecule has 2 heteroatoms. The van der Waals surface area contributed by atoms with Crippen LogP contribution in [0, 0.1) is 0 Å². The summed E-state index contributed by atoms with van der Waals surface area (Å²) in [5.74, 6) is 0. The molecule has 0 fully saturated rings. The fourth-order valence-corrected chi connectivity index (χ4v) is 6.10. The van der Waals surface area contributed by atoms with Crippen molar-refractivity contribution >= 4 is 53.9 Å². The number of pyridine rings is 2. The van der Waals surface area contributed by atoms with Crippen molar-refractivity contribution in [1.82, 2.24) is 9.97 Å². The van der Waals surface area contributed by atoms with Crippen molar-refractivity contribution < 1.29 is 0 Å². The molecule has 38 heavy (non-hydrogen) atoms. The minimum absolute atomic E-state index is 1.12. The SMILES string of the molecule is c1cncc(-c2ccc3c4ccccc4c4c5cc(-c6cccnc6)ccc5c5ccccc5c4c3c2)c1. The second-order valence-electron chi connectivity index (χ2n) is 9.85. The second-order valence-corrected chi connectivity index (χ2v) is 9.85. The largest absolute Gasteiger partial charge is 0.264 e. The summed E-state index contributed by atoms with van der Waals surface area (Å²) in [6.07, 6.45) is 7.54. The predicted molar refractivity (Wildman–Crippen MR) is 160 cm³/mol. The summed E-state index contributed by atoms with van der Waals surface area (Å²) >= 11 is 0. The van der Waals surface area contributed by atoms with Gasteiger partial charge in [0.2, 0.25) is 0 Å². The van der Waals surface area contributed by atoms with E-state index in [1.807, 2.05) is 36.9 Å². The molecule has 2 nitrogen and oxygen atoms in total. The summed E-state index contributed by atoms with van der Waals surface area (Å²) in [4.78, 5) is 8.76. The van der Waals surface area contributed by atoms with Crippen molar-refractivity contribution in [2.75, 3.05) is 0 Å². The summed E-state index contributed by atoms with van der Waals surface area (Å²) in [5.41, 5.74) is 4.60. The molecular weight excluding hydrogens is 460 g/mol. The number of rotatable bonds is 2. The van der Waals surface area contributed by atoms with Gasteiger partial charge in [-0.15, -0.1) is 0 Å². The van der Waals surface area contributed by atoms with Crippen LogP contribution in [0.3, 0.4) is 0 Å². The van der Waals surface area contributed by atoms with E-state index in [0.29, 0.717) is 0 Å². The summed E-state index contributed by atoms with van der Waals surface area (Å²) < 4.78 is 0. The highest BCUT2D eigenvalue weighted by molar-refractivity contribution is 6.39. The van der Waals surface area contributed by atoms with E-state index in [4.69, 9.17) is 0 Å². The lowest BCUT2D eigenvalue weighted by Crippen LogP contribution is -1.90. The van der Waals surface area contributed by atoms with Crippen molar-refractivity contribution in [3.8, 4) is 22.3 Å². The lowest BCUT2D eigenvalue weighted by Gasteiger charge is -2.17. The first-order chi connectivity index (χ1) is 18.9. The molecule has 0 spiro atoms. The van der Waals surface area contributed by atoms with E-state index in [0.717, 1.165) is 11.1 Å². The lowest BCUT2D eigenvalue weighted by molar-refractivity contribution is 1.33. The molecule has 0 saturated carbocycles. The highest BCUT2D eigenvalue weighted by Gasteiger charge is 2.17. The van der Waals surface area contributed by atoms with Crippen LogP contribution >= 0.6 is 0 Å². The summed E-state index contributed by atoms with van der Waals surface area (Å²) in [7, 11) is 0. The average Bonchev–Trinajstić information content (AvgIpc) is 3.01. The fraction of sp³-hybridized carbons (Fsp3) is 0. The zero-order chi connectivity index (χ0) is 25.1. The molecule has 0 aliphatic heterocycles. The number of benzene rings is 6. The smallest absolute Gasteiger partial charge is 0.0346 e. The summed E-state index contributed by atoms with van der Waals surface area (Å²) in [6.45, 7) is 0. The van der Waals surface area contributed by atoms with Gasteiger partial charge in [-0.25, -0.2) is 0 Å². The van der Waals surface area contributed by atoms with Crippen LogP contribution in [0.25, 0.3) is 76.1 Å². The standard InChI is InChI=1S/C36H22N2/c1-3-11-31-27(9-1)29-15-13-23(25-7-5-17-37-21-25)19-33(29)36-32-12-4-2-10-28(32)30-16-14-24(20-34(30)35(31)36)26-8-6-18-38-22-26/h1-22H. The van der Waals surface area contributed by atoms with Gasteiger partial charge < -0.3 is 0 Å². The highest BCUT2D eigenvalue weighted by Crippen LogP contribution is 2.45. The third kappa shape index (κ3) is 3.07. The minimum atomic E-state index is 1.12. The van der Waals surface area contributed by atoms with Gasteiger partial charge in [0.25, 0.3) is 0 Å². The van der Waals surface area contributed by atoms with Crippen molar-refractivity contribution in [2.24, 2.45) is 0 Å². The highest BCUT2D eigenvalue weighted by atomic mass is 14.6. The molecule has 2 aromatic heterocycles. The van der Waals surface area contributed by atoms with Gasteiger partial charge in [-0.3, -0.25) is 9.97 Å². The molecule has 0 radical (unpaired) electrons. The Hall–Kier alpha value is -5.08. The predicted octanol–water partition coefficient (Wildman–Crippen LogP) is 9.58. The number of aromatic nitrogens is 2. The Balaban J connectivity index is 1.63. The molecule has 0 amide bonds. The molecule has 0 saturated heterocycles. The zero-order valence-electron chi connectivity index (χ0n) is 20.6. The molecule has 0 aliphatic rings. The second kappa shape index (κ2) is 8.22. The number of hydrogen-bond acceptors (Lipinski definition) is 2. The zero-order valence-corrected chi connectivity index (χ0v) is 20.6. The van der Waals surface area contributed by atoms with E-state index >= 15 is 0 Å². The van der Waals surface area contributed by atoms with Crippen LogP contribution in [0.15, 0.2) is 134 Å². The van der Waals surface area contributed by atoms with Gasteiger partial charge in [0, 0.05) is 35.9 Å². The first-order valence-electron chi connectivity index (χ1n) is 12.9. The van der Waals surface area contributed by atoms with Gasteiger partial charge >= 0.3 is 0 Å². The van der Waals surface area contributed by atoms with E-state index in [9.17, 15) is 0 Å². The molecule has 8 rings (SSSR count). The van der Waals surface area contributed by atoms with E-state index in [-0.39, 0.29) is 0 Å². The summed E-state index contributed by atoms with van der Waals surface area (Å²) in [5, 5.41) is 12.8. The maximum atomic E-state index is 4.38. The van der Waals surface area contributed by atoms with Crippen LogP contribution in [-0.4, -0.2) is 9.97 Å². The molecule has 0 atom stereocenters. The van der Waals surface area contributed by atoms with Crippen LogP contribution in [-0.2, 0) is 0 Å². The van der Waals surface area contributed by atoms with E-state index in [1.54, 1.807) is 0 Å². The van der Waals surface area contributed by atoms with Crippen molar-refractivity contribution in [2.45, 2.75) is 0 Å². The van der Waals surface area contributed by atoms with Gasteiger partial charge in [0.1, 0.15) is 0 Å². The Labute approximate surface area is 219 Å². The minimum Gasteiger partial charge on any atom is -0.264 e. The molecule has 0 bridgehead atoms. The Bertz CT molecular complexity index is 2010. The van der Waals surface area contributed by atoms with E-state index < -0.39 is 0 Å². The number of hydrogen-bond donors (Lipinski definition) is 0. The number of fused-ring (bicyclic) bond motifs is 11. The molecule has 176 valence electrons. The van der Waals surface area contributed by atoms with E-state index in [2.05, 4.69) is 107 Å². The molecule has 0 N–H and O–H groups in total. The Morgan fingerprint density at radius 2 is 0.737 bits per heavy atom. The molecule has 8 aromatic rings. The molecule has 6 aromatic carbocycles. The normalized spacial score (nSPS) is 11.7. The first kappa shape index (κ1) is 21.0. The first-order valence-corrected chi connectivity index (χ1v) is 12.9. The maximum absolute atomic E-state index is 4.38. The monoisotopic (exact) mass is 482 g/mol.